The highest BCUT2D eigenvalue weighted by Crippen LogP contribution is 2.41. The van der Waals surface area contributed by atoms with E-state index in [0.717, 1.165) is 10.5 Å². The molecule has 3 aromatic rings. The number of fused-ring (bicyclic) bond motifs is 2. The van der Waals surface area contributed by atoms with E-state index < -0.39 is 11.2 Å². The molecular formula is C15H10N4O3S. The number of aromatic nitrogens is 3. The molecule has 0 unspecified atom stereocenters. The molecule has 1 aliphatic heterocycles. The summed E-state index contributed by atoms with van der Waals surface area (Å²) in [6.45, 7) is 0. The van der Waals surface area contributed by atoms with E-state index in [1.54, 1.807) is 6.07 Å². The van der Waals surface area contributed by atoms with Crippen molar-refractivity contribution in [2.75, 3.05) is 0 Å². The fraction of sp³-hybridized carbons (Fsp3) is 0.0667. The maximum atomic E-state index is 10.9. The standard InChI is InChI=1S/C15H10N4O3S/c20-14-11-8-10(19(21)22)6-7-12(11)23-15-16-13(17-18(14)15)9-4-2-1-3-5-9/h1-8,14,20H/t14-/m1/s1. The van der Waals surface area contributed by atoms with Crippen molar-refractivity contribution in [3.05, 3.63) is 64.2 Å². The van der Waals surface area contributed by atoms with Gasteiger partial charge in [-0.05, 0) is 17.8 Å². The van der Waals surface area contributed by atoms with Gasteiger partial charge in [-0.3, -0.25) is 10.1 Å². The van der Waals surface area contributed by atoms with Gasteiger partial charge in [-0.1, -0.05) is 30.3 Å². The van der Waals surface area contributed by atoms with Gasteiger partial charge in [-0.25, -0.2) is 9.67 Å². The fourth-order valence-corrected chi connectivity index (χ4v) is 3.40. The molecule has 2 aromatic carbocycles. The lowest BCUT2D eigenvalue weighted by Gasteiger charge is -2.21. The first-order valence-electron chi connectivity index (χ1n) is 6.80. The number of nitrogens with zero attached hydrogens (tertiary/aromatic N) is 4. The van der Waals surface area contributed by atoms with Gasteiger partial charge in [0.05, 0.1) is 4.92 Å². The molecular weight excluding hydrogens is 316 g/mol. The van der Waals surface area contributed by atoms with Gasteiger partial charge in [-0.2, -0.15) is 0 Å². The number of aliphatic hydroxyl groups excluding tert-OH is 1. The van der Waals surface area contributed by atoms with Crippen molar-refractivity contribution in [2.45, 2.75) is 16.3 Å². The molecule has 1 aliphatic rings. The van der Waals surface area contributed by atoms with Gasteiger partial charge in [-0.15, -0.1) is 5.10 Å². The van der Waals surface area contributed by atoms with Gasteiger partial charge >= 0.3 is 0 Å². The van der Waals surface area contributed by atoms with E-state index in [2.05, 4.69) is 10.1 Å². The Hall–Kier alpha value is -2.71. The second-order valence-corrected chi connectivity index (χ2v) is 5.99. The summed E-state index contributed by atoms with van der Waals surface area (Å²) in [5.41, 5.74) is 1.24. The highest BCUT2D eigenvalue weighted by atomic mass is 32.2. The summed E-state index contributed by atoms with van der Waals surface area (Å²) >= 11 is 1.33. The Bertz CT molecular complexity index is 910. The number of non-ortho nitro benzene ring substituents is 1. The van der Waals surface area contributed by atoms with E-state index in [1.165, 1.54) is 28.6 Å². The number of benzene rings is 2. The highest BCUT2D eigenvalue weighted by Gasteiger charge is 2.29. The first kappa shape index (κ1) is 13.9. The molecule has 0 fully saturated rings. The minimum Gasteiger partial charge on any atom is -0.368 e. The van der Waals surface area contributed by atoms with Gasteiger partial charge in [0.1, 0.15) is 0 Å². The van der Waals surface area contributed by atoms with Crippen molar-refractivity contribution in [3.63, 3.8) is 0 Å². The third kappa shape index (κ3) is 2.28. The summed E-state index contributed by atoms with van der Waals surface area (Å²) in [5, 5.41) is 26.3. The SMILES string of the molecule is O=[N+]([O-])c1ccc2c(c1)[C@@H](O)n1nc(-c3ccccc3)nc1S2. The Balaban J connectivity index is 1.79. The second-order valence-electron chi connectivity index (χ2n) is 4.98. The Morgan fingerprint density at radius 3 is 2.74 bits per heavy atom. The van der Waals surface area contributed by atoms with Crippen LogP contribution in [0.2, 0.25) is 0 Å². The van der Waals surface area contributed by atoms with E-state index >= 15 is 0 Å². The van der Waals surface area contributed by atoms with Crippen molar-refractivity contribution in [3.8, 4) is 11.4 Å². The van der Waals surface area contributed by atoms with E-state index in [4.69, 9.17) is 0 Å². The fourth-order valence-electron chi connectivity index (χ4n) is 2.42. The third-order valence-electron chi connectivity index (χ3n) is 3.55. The summed E-state index contributed by atoms with van der Waals surface area (Å²) in [6.07, 6.45) is -1.09. The molecule has 0 saturated carbocycles. The zero-order valence-electron chi connectivity index (χ0n) is 11.7. The number of nitro benzene ring substituents is 1. The molecule has 8 heteroatoms. The second kappa shape index (κ2) is 5.18. The van der Waals surface area contributed by atoms with Crippen LogP contribution in [0.3, 0.4) is 0 Å². The van der Waals surface area contributed by atoms with Crippen LogP contribution < -0.4 is 0 Å². The maximum absolute atomic E-state index is 10.9. The van der Waals surface area contributed by atoms with Crippen LogP contribution in [0.4, 0.5) is 5.69 Å². The summed E-state index contributed by atoms with van der Waals surface area (Å²) in [5.74, 6) is 0.509. The number of aliphatic hydroxyl groups is 1. The molecule has 23 heavy (non-hydrogen) atoms. The lowest BCUT2D eigenvalue weighted by Crippen LogP contribution is -2.17. The molecule has 0 radical (unpaired) electrons. The summed E-state index contributed by atoms with van der Waals surface area (Å²) < 4.78 is 1.39. The van der Waals surface area contributed by atoms with Crippen LogP contribution in [0.25, 0.3) is 11.4 Å². The average molecular weight is 326 g/mol. The normalized spacial score (nSPS) is 15.8. The van der Waals surface area contributed by atoms with Crippen LogP contribution in [0.15, 0.2) is 58.6 Å². The van der Waals surface area contributed by atoms with Crippen LogP contribution in [0.1, 0.15) is 11.8 Å². The Kier molecular flexibility index (Phi) is 3.14. The molecule has 0 bridgehead atoms. The van der Waals surface area contributed by atoms with E-state index in [0.29, 0.717) is 16.5 Å². The van der Waals surface area contributed by atoms with Crippen molar-refractivity contribution in [1.82, 2.24) is 14.8 Å². The molecule has 0 amide bonds. The van der Waals surface area contributed by atoms with E-state index in [-0.39, 0.29) is 5.69 Å². The molecule has 0 aliphatic carbocycles. The molecule has 2 heterocycles. The summed E-state index contributed by atoms with van der Waals surface area (Å²) in [6, 6.07) is 13.9. The minimum absolute atomic E-state index is 0.0600. The molecule has 1 atom stereocenters. The maximum Gasteiger partial charge on any atom is 0.269 e. The van der Waals surface area contributed by atoms with Crippen molar-refractivity contribution in [1.29, 1.82) is 0 Å². The first-order valence-corrected chi connectivity index (χ1v) is 7.61. The van der Waals surface area contributed by atoms with Crippen LogP contribution >= 0.6 is 11.8 Å². The predicted octanol–water partition coefficient (Wildman–Crippen LogP) is 2.86. The highest BCUT2D eigenvalue weighted by molar-refractivity contribution is 7.99. The van der Waals surface area contributed by atoms with Gasteiger partial charge < -0.3 is 5.11 Å². The topological polar surface area (TPSA) is 94.1 Å². The zero-order valence-corrected chi connectivity index (χ0v) is 12.5. The van der Waals surface area contributed by atoms with Gasteiger partial charge in [0, 0.05) is 28.2 Å². The summed E-state index contributed by atoms with van der Waals surface area (Å²) in [7, 11) is 0. The molecule has 7 nitrogen and oxygen atoms in total. The van der Waals surface area contributed by atoms with Gasteiger partial charge in [0.15, 0.2) is 17.2 Å². The Morgan fingerprint density at radius 1 is 1.22 bits per heavy atom. The number of hydrogen-bond donors (Lipinski definition) is 1. The third-order valence-corrected chi connectivity index (χ3v) is 4.60. The Labute approximate surface area is 134 Å². The predicted molar refractivity (Wildman–Crippen MR) is 83.0 cm³/mol. The minimum atomic E-state index is -1.09. The van der Waals surface area contributed by atoms with Crippen LogP contribution in [-0.2, 0) is 0 Å². The largest absolute Gasteiger partial charge is 0.368 e. The lowest BCUT2D eigenvalue weighted by atomic mass is 10.1. The smallest absolute Gasteiger partial charge is 0.269 e. The van der Waals surface area contributed by atoms with Crippen LogP contribution in [0, 0.1) is 10.1 Å². The molecule has 1 N–H and O–H groups in total. The van der Waals surface area contributed by atoms with Gasteiger partial charge in [0.25, 0.3) is 5.69 Å². The van der Waals surface area contributed by atoms with Crippen LogP contribution in [0.5, 0.6) is 0 Å². The van der Waals surface area contributed by atoms with Crippen molar-refractivity contribution in [2.24, 2.45) is 0 Å². The van der Waals surface area contributed by atoms with E-state index in [1.807, 2.05) is 30.3 Å². The van der Waals surface area contributed by atoms with Crippen molar-refractivity contribution >= 4 is 17.4 Å². The molecule has 114 valence electrons. The lowest BCUT2D eigenvalue weighted by molar-refractivity contribution is -0.385. The molecule has 4 rings (SSSR count). The summed E-state index contributed by atoms with van der Waals surface area (Å²) in [4.78, 5) is 15.6. The zero-order chi connectivity index (χ0) is 16.0. The van der Waals surface area contributed by atoms with E-state index in [9.17, 15) is 15.2 Å². The molecule has 1 aromatic heterocycles. The number of rotatable bonds is 2. The average Bonchev–Trinajstić information content (AvgIpc) is 3.00. The molecule has 0 saturated heterocycles. The first-order chi connectivity index (χ1) is 11.1. The Morgan fingerprint density at radius 2 is 2.00 bits per heavy atom. The quantitative estimate of drug-likeness (QED) is 0.575. The number of hydrogen-bond acceptors (Lipinski definition) is 6. The molecule has 0 spiro atoms. The van der Waals surface area contributed by atoms with Crippen LogP contribution in [-0.4, -0.2) is 24.8 Å². The van der Waals surface area contributed by atoms with Crippen molar-refractivity contribution < 1.29 is 10.0 Å². The van der Waals surface area contributed by atoms with Gasteiger partial charge in [0.2, 0.25) is 0 Å². The number of nitro groups is 1. The monoisotopic (exact) mass is 326 g/mol.